The number of ether oxygens (including phenoxy) is 1. The van der Waals surface area contributed by atoms with E-state index in [0.717, 1.165) is 0 Å². The van der Waals surface area contributed by atoms with Gasteiger partial charge in [-0.3, -0.25) is 9.59 Å². The maximum absolute atomic E-state index is 14.7. The Labute approximate surface area is 229 Å². The van der Waals surface area contributed by atoms with E-state index in [4.69, 9.17) is 18.0 Å². The molecule has 40 heavy (non-hydrogen) atoms. The van der Waals surface area contributed by atoms with E-state index in [9.17, 15) is 9.59 Å². The quantitative estimate of drug-likeness (QED) is 0.264. The molecule has 1 aliphatic carbocycles. The first-order chi connectivity index (χ1) is 19.5. The molecular weight excluding hydrogens is 504 g/mol. The third-order valence-electron chi connectivity index (χ3n) is 7.63. The van der Waals surface area contributed by atoms with Crippen LogP contribution in [0.2, 0.25) is 0 Å². The Hall–Kier alpha value is -4.84. The van der Waals surface area contributed by atoms with Crippen LogP contribution in [0, 0.1) is 0 Å². The number of hydrogen-bond acceptors (Lipinski definition) is 6. The van der Waals surface area contributed by atoms with Crippen molar-refractivity contribution >= 4 is 45.3 Å². The Kier molecular flexibility index (Phi) is 5.70. The van der Waals surface area contributed by atoms with E-state index in [0.29, 0.717) is 74.7 Å². The third-order valence-corrected chi connectivity index (χ3v) is 7.63. The Morgan fingerprint density at radius 2 is 1.52 bits per heavy atom. The number of carbonyl (C=O) groups excluding carboxylic acids is 1. The molecule has 2 atom stereocenters. The Morgan fingerprint density at radius 1 is 0.775 bits per heavy atom. The van der Waals surface area contributed by atoms with Gasteiger partial charge >= 0.3 is 0 Å². The zero-order valence-corrected chi connectivity index (χ0v) is 22.1. The normalized spacial score (nSPS) is 19.1. The van der Waals surface area contributed by atoms with Crippen molar-refractivity contribution in [3.63, 3.8) is 0 Å². The number of hydrogen-bond donors (Lipinski definition) is 0. The Balaban J connectivity index is 1.70. The van der Waals surface area contributed by atoms with E-state index in [-0.39, 0.29) is 22.9 Å². The Morgan fingerprint density at radius 3 is 2.33 bits per heavy atom. The highest BCUT2D eigenvalue weighted by atomic mass is 16.5. The minimum atomic E-state index is -0.880. The second-order valence-electron chi connectivity index (χ2n) is 10.0. The van der Waals surface area contributed by atoms with E-state index in [1.807, 2.05) is 80.6 Å². The first kappa shape index (κ1) is 24.2. The number of fused-ring (bicyclic) bond motifs is 14. The molecule has 4 aromatic heterocycles. The summed E-state index contributed by atoms with van der Waals surface area (Å²) in [5.74, 6) is 0.642. The van der Waals surface area contributed by atoms with Gasteiger partial charge in [-0.1, -0.05) is 13.8 Å². The molecule has 0 saturated heterocycles. The van der Waals surface area contributed by atoms with Gasteiger partial charge in [0.15, 0.2) is 11.2 Å². The van der Waals surface area contributed by atoms with Gasteiger partial charge in [-0.2, -0.15) is 0 Å². The van der Waals surface area contributed by atoms with Gasteiger partial charge in [0.25, 0.3) is 0 Å². The van der Waals surface area contributed by atoms with Crippen molar-refractivity contribution in [2.45, 2.75) is 38.7 Å². The summed E-state index contributed by atoms with van der Waals surface area (Å²) in [6, 6.07) is 16.3. The number of ketones is 1. The molecule has 0 spiro atoms. The third kappa shape index (κ3) is 3.95. The van der Waals surface area contributed by atoms with Crippen LogP contribution in [0.5, 0.6) is 0 Å². The van der Waals surface area contributed by atoms with Crippen LogP contribution in [-0.4, -0.2) is 11.9 Å². The molecule has 198 valence electrons. The van der Waals surface area contributed by atoms with E-state index in [2.05, 4.69) is 0 Å². The summed E-state index contributed by atoms with van der Waals surface area (Å²) in [6.45, 7) is 3.92. The van der Waals surface area contributed by atoms with Gasteiger partial charge in [0.1, 0.15) is 45.7 Å². The fourth-order valence-corrected chi connectivity index (χ4v) is 5.75. The van der Waals surface area contributed by atoms with Gasteiger partial charge in [-0.25, -0.2) is 0 Å². The zero-order chi connectivity index (χ0) is 27.4. The van der Waals surface area contributed by atoms with Crippen molar-refractivity contribution in [2.24, 2.45) is 0 Å². The average Bonchev–Trinajstić information content (AvgIpc) is 3.76. The fraction of sp³-hybridized carbons (Fsp3) is 0.176. The van der Waals surface area contributed by atoms with Crippen molar-refractivity contribution in [1.29, 1.82) is 0 Å². The molecule has 0 N–H and O–H groups in total. The molecule has 0 aromatic carbocycles. The lowest BCUT2D eigenvalue weighted by Gasteiger charge is -2.24. The van der Waals surface area contributed by atoms with Crippen LogP contribution >= 0.6 is 0 Å². The topological polar surface area (TPSA) is 82.8 Å². The molecule has 6 nitrogen and oxygen atoms in total. The summed E-state index contributed by atoms with van der Waals surface area (Å²) >= 11 is 0. The van der Waals surface area contributed by atoms with Gasteiger partial charge in [0, 0.05) is 27.8 Å². The van der Waals surface area contributed by atoms with E-state index < -0.39 is 5.92 Å². The molecule has 7 rings (SSSR count). The number of furan rings is 3. The second-order valence-corrected chi connectivity index (χ2v) is 10.0. The molecule has 6 heteroatoms. The molecule has 4 aromatic rings. The largest absolute Gasteiger partial charge is 0.483 e. The first-order valence-electron chi connectivity index (χ1n) is 13.5. The SMILES string of the molecule is CCC1=C2C(=O)C(C=C3C=CC(C=Cc4ccc1o4)O3)c1c(CC)c3ccc(ccc4ccc(cc2c1=O)o4)o3. The predicted molar refractivity (Wildman–Crippen MR) is 154 cm³/mol. The average molecular weight is 531 g/mol. The van der Waals surface area contributed by atoms with Gasteiger partial charge in [0.2, 0.25) is 0 Å². The van der Waals surface area contributed by atoms with Crippen molar-refractivity contribution in [1.82, 2.24) is 0 Å². The number of aryl methyl sites for hydroxylation is 1. The smallest absolute Gasteiger partial charge is 0.191 e. The molecular formula is C34H26O6. The van der Waals surface area contributed by atoms with E-state index in [1.54, 1.807) is 18.2 Å². The highest BCUT2D eigenvalue weighted by molar-refractivity contribution is 6.31. The molecule has 0 saturated carbocycles. The number of rotatable bonds is 2. The van der Waals surface area contributed by atoms with Gasteiger partial charge < -0.3 is 18.0 Å². The van der Waals surface area contributed by atoms with Crippen molar-refractivity contribution in [3.8, 4) is 0 Å². The maximum atomic E-state index is 14.7. The summed E-state index contributed by atoms with van der Waals surface area (Å²) in [6.07, 6.45) is 9.94. The lowest BCUT2D eigenvalue weighted by molar-refractivity contribution is -0.114. The zero-order valence-electron chi connectivity index (χ0n) is 22.1. The van der Waals surface area contributed by atoms with Crippen LogP contribution in [0.1, 0.15) is 54.4 Å². The van der Waals surface area contributed by atoms with Crippen LogP contribution in [0.25, 0.3) is 39.6 Å². The van der Waals surface area contributed by atoms with Gasteiger partial charge in [-0.15, -0.1) is 0 Å². The van der Waals surface area contributed by atoms with E-state index >= 15 is 0 Å². The minimum Gasteiger partial charge on any atom is -0.483 e. The molecule has 3 aliphatic rings. The number of Topliss-reactive ketones (excluding diaryl/α,β-unsaturated/α-hetero) is 1. The first-order valence-corrected chi connectivity index (χ1v) is 13.5. The van der Waals surface area contributed by atoms with Crippen molar-refractivity contribution in [2.75, 3.05) is 0 Å². The molecule has 6 heterocycles. The summed E-state index contributed by atoms with van der Waals surface area (Å²) in [4.78, 5) is 29.3. The Bertz CT molecular complexity index is 1950. The highest BCUT2D eigenvalue weighted by Gasteiger charge is 2.37. The highest BCUT2D eigenvalue weighted by Crippen LogP contribution is 2.40. The monoisotopic (exact) mass is 530 g/mol. The molecule has 0 fully saturated rings. The molecule has 12 bridgehead atoms. The van der Waals surface area contributed by atoms with Gasteiger partial charge in [0.05, 0.1) is 5.92 Å². The van der Waals surface area contributed by atoms with Crippen LogP contribution < -0.4 is 5.43 Å². The summed E-state index contributed by atoms with van der Waals surface area (Å²) < 4.78 is 24.5. The number of allylic oxidation sites excluding steroid dienone is 4. The maximum Gasteiger partial charge on any atom is 0.191 e. The van der Waals surface area contributed by atoms with Crippen LogP contribution in [0.3, 0.4) is 0 Å². The van der Waals surface area contributed by atoms with Gasteiger partial charge in [-0.05, 0) is 97.8 Å². The molecule has 0 amide bonds. The van der Waals surface area contributed by atoms with E-state index in [1.165, 1.54) is 0 Å². The van der Waals surface area contributed by atoms with Crippen molar-refractivity contribution in [3.05, 3.63) is 123 Å². The fourth-order valence-electron chi connectivity index (χ4n) is 5.75. The summed E-state index contributed by atoms with van der Waals surface area (Å²) in [5, 5.41) is 0. The van der Waals surface area contributed by atoms with Crippen LogP contribution in [0.4, 0.5) is 0 Å². The van der Waals surface area contributed by atoms with Crippen LogP contribution in [-0.2, 0) is 16.0 Å². The minimum absolute atomic E-state index is 0.201. The number of carbonyl (C=O) groups is 1. The summed E-state index contributed by atoms with van der Waals surface area (Å²) in [5.41, 5.74) is 4.35. The second kappa shape index (κ2) is 9.42. The molecule has 2 aliphatic heterocycles. The summed E-state index contributed by atoms with van der Waals surface area (Å²) in [7, 11) is 0. The standard InChI is InChI=1S/C34H26O6/c1-3-25-29-15-13-21(39-29)7-5-19-10-12-24(38-19)18-28-32-26(4-2)30-16-14-22(40-30)8-6-20-9-11-23(37-20)17-27(34(32)36)31(25)33(28)35/h5-19,28H,3-4H2,1-2H3. The lowest BCUT2D eigenvalue weighted by Crippen LogP contribution is -2.30. The molecule has 0 radical (unpaired) electrons. The predicted octanol–water partition coefficient (Wildman–Crippen LogP) is 7.67. The molecule has 2 unspecified atom stereocenters. The van der Waals surface area contributed by atoms with Crippen LogP contribution in [0.15, 0.2) is 103 Å². The van der Waals surface area contributed by atoms with Crippen molar-refractivity contribution < 1.29 is 22.8 Å². The lowest BCUT2D eigenvalue weighted by atomic mass is 9.77.